The summed E-state index contributed by atoms with van der Waals surface area (Å²) in [5.74, 6) is 0. The molecule has 0 aromatic heterocycles. The summed E-state index contributed by atoms with van der Waals surface area (Å²) in [6.45, 7) is 4.05. The van der Waals surface area contributed by atoms with Gasteiger partial charge < -0.3 is 0 Å². The molecule has 3 nitrogen and oxygen atoms in total. The Labute approximate surface area is 68.4 Å². The van der Waals surface area contributed by atoms with Gasteiger partial charge in [-0.05, 0) is 12.8 Å². The van der Waals surface area contributed by atoms with Crippen LogP contribution in [0.25, 0.3) is 0 Å². The lowest BCUT2D eigenvalue weighted by atomic mass is 10.2. The Morgan fingerprint density at radius 2 is 1.55 bits per heavy atom. The van der Waals surface area contributed by atoms with Crippen LogP contribution in [0.5, 0.6) is 0 Å². The molecule has 2 atom stereocenters. The summed E-state index contributed by atoms with van der Waals surface area (Å²) in [6, 6.07) is 0.574. The molecule has 0 saturated carbocycles. The Morgan fingerprint density at radius 1 is 1.18 bits per heavy atom. The molecule has 11 heavy (non-hydrogen) atoms. The average molecular weight is 177 g/mol. The maximum Gasteiger partial charge on any atom is 0.211 e. The van der Waals surface area contributed by atoms with Crippen LogP contribution in [-0.4, -0.2) is 31.1 Å². The minimum atomic E-state index is -2.92. The molecule has 0 spiro atoms. The summed E-state index contributed by atoms with van der Waals surface area (Å²) in [4.78, 5) is 0. The molecule has 0 radical (unpaired) electrons. The van der Waals surface area contributed by atoms with Crippen LogP contribution in [0.2, 0.25) is 0 Å². The first-order chi connectivity index (χ1) is 5.02. The van der Waals surface area contributed by atoms with Crippen LogP contribution in [0.3, 0.4) is 0 Å². The Bertz CT molecular complexity index is 225. The van der Waals surface area contributed by atoms with E-state index in [0.29, 0.717) is 0 Å². The van der Waals surface area contributed by atoms with Crippen LogP contribution in [-0.2, 0) is 10.0 Å². The standard InChI is InChI=1S/C7H15NO2S/c1-4-6-7(5-2)8(6)11(3,9)10/h6-7H,4-5H2,1-3H3/t6-,7-/m1/s1. The van der Waals surface area contributed by atoms with Crippen molar-refractivity contribution in [3.63, 3.8) is 0 Å². The summed E-state index contributed by atoms with van der Waals surface area (Å²) < 4.78 is 23.7. The van der Waals surface area contributed by atoms with Crippen molar-refractivity contribution in [3.8, 4) is 0 Å². The molecule has 0 N–H and O–H groups in total. The third-order valence-corrected chi connectivity index (χ3v) is 3.54. The second kappa shape index (κ2) is 2.75. The van der Waals surface area contributed by atoms with Gasteiger partial charge in [-0.15, -0.1) is 0 Å². The molecule has 1 rings (SSSR count). The number of sulfonamides is 1. The normalized spacial score (nSPS) is 37.2. The monoisotopic (exact) mass is 177 g/mol. The average Bonchev–Trinajstić information content (AvgIpc) is 2.58. The predicted molar refractivity (Wildman–Crippen MR) is 44.8 cm³/mol. The van der Waals surface area contributed by atoms with E-state index >= 15 is 0 Å². The highest BCUT2D eigenvalue weighted by Gasteiger charge is 2.50. The second-order valence-corrected chi connectivity index (χ2v) is 4.93. The summed E-state index contributed by atoms with van der Waals surface area (Å²) >= 11 is 0. The molecule has 0 amide bonds. The Balaban J connectivity index is 2.66. The third-order valence-electron chi connectivity index (χ3n) is 2.23. The molecule has 4 heteroatoms. The van der Waals surface area contributed by atoms with Crippen molar-refractivity contribution < 1.29 is 8.42 Å². The van der Waals surface area contributed by atoms with Gasteiger partial charge in [0.1, 0.15) is 0 Å². The maximum atomic E-state index is 11.1. The van der Waals surface area contributed by atoms with Crippen molar-refractivity contribution in [2.45, 2.75) is 38.8 Å². The molecule has 1 aliphatic heterocycles. The first-order valence-corrected chi connectivity index (χ1v) is 5.85. The van der Waals surface area contributed by atoms with Crippen molar-refractivity contribution in [1.82, 2.24) is 4.31 Å². The lowest BCUT2D eigenvalue weighted by molar-refractivity contribution is 0.548. The fourth-order valence-electron chi connectivity index (χ4n) is 1.71. The van der Waals surface area contributed by atoms with E-state index < -0.39 is 10.0 Å². The van der Waals surface area contributed by atoms with Gasteiger partial charge in [-0.1, -0.05) is 13.8 Å². The van der Waals surface area contributed by atoms with Crippen molar-refractivity contribution in [1.29, 1.82) is 0 Å². The van der Waals surface area contributed by atoms with E-state index in [1.807, 2.05) is 13.8 Å². The van der Waals surface area contributed by atoms with Gasteiger partial charge in [-0.2, -0.15) is 4.31 Å². The zero-order valence-electron chi connectivity index (χ0n) is 7.24. The molecule has 0 aromatic rings. The van der Waals surface area contributed by atoms with E-state index in [-0.39, 0.29) is 12.1 Å². The predicted octanol–water partition coefficient (Wildman–Crippen LogP) is 0.819. The molecule has 66 valence electrons. The van der Waals surface area contributed by atoms with Crippen LogP contribution in [0, 0.1) is 0 Å². The Morgan fingerprint density at radius 3 is 1.64 bits per heavy atom. The van der Waals surface area contributed by atoms with Crippen molar-refractivity contribution in [2.75, 3.05) is 6.26 Å². The molecule has 0 aromatic carbocycles. The van der Waals surface area contributed by atoms with Crippen LogP contribution in [0.4, 0.5) is 0 Å². The molecular weight excluding hydrogens is 162 g/mol. The highest BCUT2D eigenvalue weighted by Crippen LogP contribution is 2.35. The molecule has 0 bridgehead atoms. The summed E-state index contributed by atoms with van der Waals surface area (Å²) in [7, 11) is -2.92. The zero-order valence-corrected chi connectivity index (χ0v) is 8.06. The highest BCUT2D eigenvalue weighted by molar-refractivity contribution is 7.88. The fraction of sp³-hybridized carbons (Fsp3) is 1.00. The van der Waals surface area contributed by atoms with Gasteiger partial charge >= 0.3 is 0 Å². The number of hydrogen-bond acceptors (Lipinski definition) is 2. The van der Waals surface area contributed by atoms with E-state index in [9.17, 15) is 8.42 Å². The van der Waals surface area contributed by atoms with E-state index in [1.165, 1.54) is 6.26 Å². The quantitative estimate of drug-likeness (QED) is 0.598. The van der Waals surface area contributed by atoms with Crippen LogP contribution in [0.15, 0.2) is 0 Å². The summed E-state index contributed by atoms with van der Waals surface area (Å²) in [5.41, 5.74) is 0. The third kappa shape index (κ3) is 1.56. The van der Waals surface area contributed by atoms with Gasteiger partial charge in [0.2, 0.25) is 10.0 Å². The molecule has 0 aliphatic carbocycles. The molecule has 1 saturated heterocycles. The van der Waals surface area contributed by atoms with E-state index in [0.717, 1.165) is 12.8 Å². The molecule has 0 unspecified atom stereocenters. The zero-order chi connectivity index (χ0) is 8.65. The topological polar surface area (TPSA) is 37.1 Å². The summed E-state index contributed by atoms with van der Waals surface area (Å²) in [6.07, 6.45) is 3.16. The highest BCUT2D eigenvalue weighted by atomic mass is 32.2. The fourth-order valence-corrected chi connectivity index (χ4v) is 3.21. The van der Waals surface area contributed by atoms with Gasteiger partial charge in [0.25, 0.3) is 0 Å². The van der Waals surface area contributed by atoms with Crippen molar-refractivity contribution in [3.05, 3.63) is 0 Å². The Hall–Kier alpha value is -0.0900. The van der Waals surface area contributed by atoms with E-state index in [2.05, 4.69) is 0 Å². The first-order valence-electron chi connectivity index (χ1n) is 4.00. The van der Waals surface area contributed by atoms with Crippen LogP contribution < -0.4 is 0 Å². The van der Waals surface area contributed by atoms with Gasteiger partial charge in [0.15, 0.2) is 0 Å². The van der Waals surface area contributed by atoms with Gasteiger partial charge in [-0.25, -0.2) is 8.42 Å². The maximum absolute atomic E-state index is 11.1. The minimum Gasteiger partial charge on any atom is -0.212 e. The SMILES string of the molecule is CC[C@@H]1[C@@H](CC)N1S(C)(=O)=O. The molecule has 1 heterocycles. The lowest BCUT2D eigenvalue weighted by Crippen LogP contribution is -2.12. The van der Waals surface area contributed by atoms with E-state index in [4.69, 9.17) is 0 Å². The minimum absolute atomic E-state index is 0.287. The Kier molecular flexibility index (Phi) is 2.25. The summed E-state index contributed by atoms with van der Waals surface area (Å²) in [5, 5.41) is 0. The molecular formula is C7H15NO2S. The van der Waals surface area contributed by atoms with Crippen molar-refractivity contribution >= 4 is 10.0 Å². The number of hydrogen-bond donors (Lipinski definition) is 0. The van der Waals surface area contributed by atoms with Crippen LogP contribution in [0.1, 0.15) is 26.7 Å². The lowest BCUT2D eigenvalue weighted by Gasteiger charge is -1.96. The number of nitrogens with zero attached hydrogens (tertiary/aromatic N) is 1. The number of rotatable bonds is 3. The van der Waals surface area contributed by atoms with Gasteiger partial charge in [-0.3, -0.25) is 0 Å². The smallest absolute Gasteiger partial charge is 0.211 e. The van der Waals surface area contributed by atoms with Crippen LogP contribution >= 0.6 is 0 Å². The van der Waals surface area contributed by atoms with Crippen molar-refractivity contribution in [2.24, 2.45) is 0 Å². The largest absolute Gasteiger partial charge is 0.212 e. The van der Waals surface area contributed by atoms with Gasteiger partial charge in [0, 0.05) is 12.1 Å². The second-order valence-electron chi connectivity index (χ2n) is 3.04. The molecule has 1 aliphatic rings. The van der Waals surface area contributed by atoms with Gasteiger partial charge in [0.05, 0.1) is 6.26 Å². The first kappa shape index (κ1) is 9.00. The van der Waals surface area contributed by atoms with E-state index in [1.54, 1.807) is 4.31 Å². The molecule has 1 fully saturated rings.